The number of thiophene rings is 1. The van der Waals surface area contributed by atoms with Crippen molar-refractivity contribution < 1.29 is 4.79 Å². The summed E-state index contributed by atoms with van der Waals surface area (Å²) in [5.41, 5.74) is 1.56. The lowest BCUT2D eigenvalue weighted by Gasteiger charge is -2.40. The van der Waals surface area contributed by atoms with E-state index in [9.17, 15) is 4.79 Å². The van der Waals surface area contributed by atoms with Gasteiger partial charge in [-0.1, -0.05) is 17.7 Å². The van der Waals surface area contributed by atoms with Gasteiger partial charge in [-0.25, -0.2) is 9.38 Å². The third-order valence-corrected chi connectivity index (χ3v) is 6.44. The Morgan fingerprint density at radius 1 is 1.24 bits per heavy atom. The number of nitrogens with zero attached hydrogens (tertiary/aromatic N) is 6. The van der Waals surface area contributed by atoms with Crippen LogP contribution in [-0.2, 0) is 0 Å². The number of hydrogen-bond acceptors (Lipinski definition) is 6. The van der Waals surface area contributed by atoms with Crippen LogP contribution in [-0.4, -0.2) is 56.1 Å². The molecular formula is C20H19ClN6OS. The highest BCUT2D eigenvalue weighted by Gasteiger charge is 2.30. The molecule has 1 aliphatic heterocycles. The summed E-state index contributed by atoms with van der Waals surface area (Å²) in [5, 5.41) is 12.1. The molecule has 0 N–H and O–H groups in total. The van der Waals surface area contributed by atoms with Gasteiger partial charge in [0.2, 0.25) is 5.95 Å². The molecule has 3 aromatic heterocycles. The summed E-state index contributed by atoms with van der Waals surface area (Å²) in [6.07, 6.45) is 0. The highest BCUT2D eigenvalue weighted by atomic mass is 35.5. The summed E-state index contributed by atoms with van der Waals surface area (Å²) in [6.45, 7) is 6.00. The topological polar surface area (TPSA) is 66.6 Å². The molecule has 9 heteroatoms. The predicted molar refractivity (Wildman–Crippen MR) is 115 cm³/mol. The molecule has 1 amide bonds. The van der Waals surface area contributed by atoms with Crippen LogP contribution in [0.4, 0.5) is 5.95 Å². The molecule has 0 spiro atoms. The molecule has 148 valence electrons. The van der Waals surface area contributed by atoms with Gasteiger partial charge in [-0.3, -0.25) is 4.79 Å². The summed E-state index contributed by atoms with van der Waals surface area (Å²) in [7, 11) is 0. The van der Waals surface area contributed by atoms with E-state index in [1.807, 2.05) is 51.9 Å². The number of amides is 1. The maximum absolute atomic E-state index is 12.8. The predicted octanol–water partition coefficient (Wildman–Crippen LogP) is 3.65. The first-order chi connectivity index (χ1) is 14.0. The monoisotopic (exact) mass is 426 g/mol. The van der Waals surface area contributed by atoms with Gasteiger partial charge in [0.05, 0.1) is 10.4 Å². The molecule has 1 fully saturated rings. The van der Waals surface area contributed by atoms with Crippen molar-refractivity contribution >= 4 is 51.3 Å². The molecule has 4 aromatic rings. The number of carbonyl (C=O) groups excluding carboxylic acids is 1. The maximum Gasteiger partial charge on any atom is 0.264 e. The minimum atomic E-state index is 0.0574. The van der Waals surface area contributed by atoms with Gasteiger partial charge in [-0.15, -0.1) is 21.5 Å². The average Bonchev–Trinajstić information content (AvgIpc) is 3.37. The van der Waals surface area contributed by atoms with E-state index >= 15 is 0 Å². The van der Waals surface area contributed by atoms with Gasteiger partial charge >= 0.3 is 0 Å². The SMILES string of the molecule is Cc1nnc2c3ccc(Cl)cc3nc(N3CCN(C(=O)c4cccs4)C(C)C3)n12. The van der Waals surface area contributed by atoms with Crippen molar-refractivity contribution in [2.24, 2.45) is 0 Å². The number of benzene rings is 1. The molecule has 0 radical (unpaired) electrons. The van der Waals surface area contributed by atoms with Crippen LogP contribution in [0.2, 0.25) is 5.02 Å². The number of halogens is 1. The van der Waals surface area contributed by atoms with Crippen LogP contribution in [0, 0.1) is 6.92 Å². The zero-order valence-electron chi connectivity index (χ0n) is 16.0. The fraction of sp³-hybridized carbons (Fsp3) is 0.300. The van der Waals surface area contributed by atoms with Crippen LogP contribution in [0.3, 0.4) is 0 Å². The van der Waals surface area contributed by atoms with E-state index in [2.05, 4.69) is 22.0 Å². The van der Waals surface area contributed by atoms with Crippen LogP contribution in [0.1, 0.15) is 22.4 Å². The van der Waals surface area contributed by atoms with Crippen molar-refractivity contribution in [1.29, 1.82) is 0 Å². The number of aryl methyl sites for hydroxylation is 1. The molecule has 5 rings (SSSR count). The molecule has 1 saturated heterocycles. The Bertz CT molecular complexity index is 1220. The van der Waals surface area contributed by atoms with E-state index in [0.29, 0.717) is 24.7 Å². The van der Waals surface area contributed by atoms with Gasteiger partial charge < -0.3 is 9.80 Å². The number of carbonyl (C=O) groups is 1. The number of aromatic nitrogens is 4. The maximum atomic E-state index is 12.8. The van der Waals surface area contributed by atoms with Gasteiger partial charge in [0, 0.05) is 36.1 Å². The number of fused-ring (bicyclic) bond motifs is 3. The first-order valence-corrected chi connectivity index (χ1v) is 10.7. The molecule has 1 unspecified atom stereocenters. The largest absolute Gasteiger partial charge is 0.338 e. The van der Waals surface area contributed by atoms with Crippen molar-refractivity contribution in [2.75, 3.05) is 24.5 Å². The highest BCUT2D eigenvalue weighted by molar-refractivity contribution is 7.12. The second-order valence-corrected chi connectivity index (χ2v) is 8.63. The normalized spacial score (nSPS) is 17.4. The van der Waals surface area contributed by atoms with Crippen LogP contribution >= 0.6 is 22.9 Å². The van der Waals surface area contributed by atoms with Gasteiger partial charge in [-0.2, -0.15) is 0 Å². The second-order valence-electron chi connectivity index (χ2n) is 7.25. The molecular weight excluding hydrogens is 408 g/mol. The van der Waals surface area contributed by atoms with Crippen LogP contribution in [0.25, 0.3) is 16.6 Å². The van der Waals surface area contributed by atoms with E-state index in [1.54, 1.807) is 0 Å². The first kappa shape index (κ1) is 18.3. The standard InChI is InChI=1S/C20H19ClN6OS/c1-12-11-25(7-8-26(12)19(28)17-4-3-9-29-17)20-22-16-10-14(21)5-6-15(16)18-24-23-13(2)27(18)20/h3-6,9-10,12H,7-8,11H2,1-2H3. The van der Waals surface area contributed by atoms with Gasteiger partial charge in [-0.05, 0) is 43.5 Å². The number of hydrogen-bond donors (Lipinski definition) is 0. The van der Waals surface area contributed by atoms with E-state index in [0.717, 1.165) is 33.2 Å². The number of piperazine rings is 1. The third-order valence-electron chi connectivity index (χ3n) is 5.35. The Kier molecular flexibility index (Phi) is 4.40. The van der Waals surface area contributed by atoms with Crippen LogP contribution in [0.15, 0.2) is 35.7 Å². The lowest BCUT2D eigenvalue weighted by Crippen LogP contribution is -2.54. The lowest BCUT2D eigenvalue weighted by molar-refractivity contribution is 0.0678. The number of anilines is 1. The fourth-order valence-electron chi connectivity index (χ4n) is 3.92. The quantitative estimate of drug-likeness (QED) is 0.489. The molecule has 7 nitrogen and oxygen atoms in total. The van der Waals surface area contributed by atoms with Crippen LogP contribution in [0.5, 0.6) is 0 Å². The Balaban J connectivity index is 1.52. The van der Waals surface area contributed by atoms with Crippen molar-refractivity contribution in [3.8, 4) is 0 Å². The zero-order valence-corrected chi connectivity index (χ0v) is 17.6. The zero-order chi connectivity index (χ0) is 20.1. The van der Waals surface area contributed by atoms with E-state index < -0.39 is 0 Å². The summed E-state index contributed by atoms with van der Waals surface area (Å²) < 4.78 is 1.99. The average molecular weight is 427 g/mol. The third kappa shape index (κ3) is 3.03. The summed E-state index contributed by atoms with van der Waals surface area (Å²) >= 11 is 7.68. The Morgan fingerprint density at radius 2 is 2.10 bits per heavy atom. The van der Waals surface area contributed by atoms with E-state index in [4.69, 9.17) is 16.6 Å². The van der Waals surface area contributed by atoms with E-state index in [1.165, 1.54) is 11.3 Å². The first-order valence-electron chi connectivity index (χ1n) is 9.43. The minimum absolute atomic E-state index is 0.0574. The molecule has 29 heavy (non-hydrogen) atoms. The molecule has 0 aliphatic carbocycles. The Morgan fingerprint density at radius 3 is 2.86 bits per heavy atom. The summed E-state index contributed by atoms with van der Waals surface area (Å²) in [4.78, 5) is 22.6. The molecule has 1 atom stereocenters. The molecule has 0 bridgehead atoms. The van der Waals surface area contributed by atoms with Gasteiger partial charge in [0.15, 0.2) is 5.65 Å². The van der Waals surface area contributed by atoms with Crippen molar-refractivity contribution in [1.82, 2.24) is 24.5 Å². The smallest absolute Gasteiger partial charge is 0.264 e. The van der Waals surface area contributed by atoms with Crippen LogP contribution < -0.4 is 4.90 Å². The molecule has 1 aromatic carbocycles. The van der Waals surface area contributed by atoms with Crippen molar-refractivity contribution in [3.63, 3.8) is 0 Å². The highest BCUT2D eigenvalue weighted by Crippen LogP contribution is 2.28. The minimum Gasteiger partial charge on any atom is -0.338 e. The summed E-state index contributed by atoms with van der Waals surface area (Å²) in [5.74, 6) is 1.66. The Hall–Kier alpha value is -2.71. The van der Waals surface area contributed by atoms with E-state index in [-0.39, 0.29) is 11.9 Å². The van der Waals surface area contributed by atoms with Gasteiger partial charge in [0.25, 0.3) is 5.91 Å². The Labute approximate surface area is 176 Å². The molecule has 1 aliphatic rings. The second kappa shape index (κ2) is 6.96. The van der Waals surface area contributed by atoms with Crippen molar-refractivity contribution in [2.45, 2.75) is 19.9 Å². The summed E-state index contributed by atoms with van der Waals surface area (Å²) in [6, 6.07) is 9.47. The molecule has 0 saturated carbocycles. The van der Waals surface area contributed by atoms with Gasteiger partial charge in [0.1, 0.15) is 5.82 Å². The fourth-order valence-corrected chi connectivity index (χ4v) is 4.76. The van der Waals surface area contributed by atoms with Crippen molar-refractivity contribution in [3.05, 3.63) is 51.4 Å². The molecule has 4 heterocycles. The number of rotatable bonds is 2. The lowest BCUT2D eigenvalue weighted by atomic mass is 10.2.